The largest absolute Gasteiger partial charge is 0.444 e. The lowest BCUT2D eigenvalue weighted by atomic mass is 10.1. The van der Waals surface area contributed by atoms with Crippen molar-refractivity contribution in [3.05, 3.63) is 0 Å². The van der Waals surface area contributed by atoms with Crippen molar-refractivity contribution < 1.29 is 9.53 Å². The van der Waals surface area contributed by atoms with Gasteiger partial charge in [0.15, 0.2) is 0 Å². The first-order chi connectivity index (χ1) is 7.94. The summed E-state index contributed by atoms with van der Waals surface area (Å²) < 4.78 is 5.16. The summed E-state index contributed by atoms with van der Waals surface area (Å²) in [6.07, 6.45) is 3.79. The summed E-state index contributed by atoms with van der Waals surface area (Å²) in [5, 5.41) is 6.25. The van der Waals surface area contributed by atoms with Crippen LogP contribution < -0.4 is 10.6 Å². The average molecular weight is 240 g/mol. The number of hydrogen-bond donors (Lipinski definition) is 2. The molecule has 2 rings (SSSR count). The number of hydrogen-bond acceptors (Lipinski definition) is 3. The maximum Gasteiger partial charge on any atom is 0.407 e. The van der Waals surface area contributed by atoms with Crippen LogP contribution in [0.4, 0.5) is 4.79 Å². The molecule has 0 bridgehead atoms. The van der Waals surface area contributed by atoms with E-state index in [1.165, 1.54) is 19.3 Å². The van der Waals surface area contributed by atoms with Crippen LogP contribution in [0, 0.1) is 11.8 Å². The number of ether oxygens (including phenoxy) is 1. The van der Waals surface area contributed by atoms with Gasteiger partial charge in [-0.2, -0.15) is 0 Å². The summed E-state index contributed by atoms with van der Waals surface area (Å²) >= 11 is 0. The minimum Gasteiger partial charge on any atom is -0.444 e. The van der Waals surface area contributed by atoms with Gasteiger partial charge in [0.05, 0.1) is 0 Å². The predicted octanol–water partition coefficient (Wildman–Crippen LogP) is 1.90. The van der Waals surface area contributed by atoms with Crippen LogP contribution in [0.1, 0.15) is 40.0 Å². The van der Waals surface area contributed by atoms with Gasteiger partial charge in [0.2, 0.25) is 0 Å². The molecule has 2 unspecified atom stereocenters. The lowest BCUT2D eigenvalue weighted by Crippen LogP contribution is -2.38. The summed E-state index contributed by atoms with van der Waals surface area (Å²) in [4.78, 5) is 11.4. The van der Waals surface area contributed by atoms with Crippen LogP contribution >= 0.6 is 0 Å². The molecule has 2 N–H and O–H groups in total. The van der Waals surface area contributed by atoms with E-state index in [1.807, 2.05) is 20.8 Å². The first-order valence-electron chi connectivity index (χ1n) is 6.64. The van der Waals surface area contributed by atoms with Crippen LogP contribution in [-0.2, 0) is 4.74 Å². The number of amides is 1. The van der Waals surface area contributed by atoms with E-state index in [2.05, 4.69) is 10.6 Å². The fraction of sp³-hybridized carbons (Fsp3) is 0.923. The number of carbonyl (C=O) groups excluding carboxylic acids is 1. The molecule has 98 valence electrons. The first-order valence-corrected chi connectivity index (χ1v) is 6.64. The van der Waals surface area contributed by atoms with Crippen LogP contribution in [0.2, 0.25) is 0 Å². The van der Waals surface area contributed by atoms with Gasteiger partial charge >= 0.3 is 6.09 Å². The Hall–Kier alpha value is -0.770. The topological polar surface area (TPSA) is 50.4 Å². The van der Waals surface area contributed by atoms with Crippen molar-refractivity contribution in [1.82, 2.24) is 10.6 Å². The van der Waals surface area contributed by atoms with E-state index in [-0.39, 0.29) is 6.09 Å². The Morgan fingerprint density at radius 1 is 1.18 bits per heavy atom. The maximum absolute atomic E-state index is 11.4. The molecule has 4 nitrogen and oxygen atoms in total. The van der Waals surface area contributed by atoms with E-state index < -0.39 is 5.60 Å². The third-order valence-corrected chi connectivity index (χ3v) is 3.47. The van der Waals surface area contributed by atoms with E-state index in [4.69, 9.17) is 4.74 Å². The van der Waals surface area contributed by atoms with Crippen LogP contribution in [-0.4, -0.2) is 30.8 Å². The number of alkyl carbamates (subject to hydrolysis) is 1. The van der Waals surface area contributed by atoms with Gasteiger partial charge in [-0.05, 0) is 51.9 Å². The van der Waals surface area contributed by atoms with E-state index in [9.17, 15) is 4.79 Å². The zero-order chi connectivity index (χ0) is 12.5. The van der Waals surface area contributed by atoms with E-state index in [0.717, 1.165) is 18.4 Å². The molecule has 2 aliphatic carbocycles. The van der Waals surface area contributed by atoms with Crippen LogP contribution in [0.25, 0.3) is 0 Å². The SMILES string of the molecule is CC(C)(C)OC(=O)NCCNC1CC2CC2C1. The molecular weight excluding hydrogens is 216 g/mol. The van der Waals surface area contributed by atoms with Gasteiger partial charge in [-0.25, -0.2) is 4.79 Å². The Bertz CT molecular complexity index is 276. The monoisotopic (exact) mass is 240 g/mol. The molecule has 0 aliphatic heterocycles. The number of carbonyl (C=O) groups is 1. The number of fused-ring (bicyclic) bond motifs is 1. The van der Waals surface area contributed by atoms with E-state index >= 15 is 0 Å². The van der Waals surface area contributed by atoms with Crippen LogP contribution in [0.15, 0.2) is 0 Å². The zero-order valence-corrected chi connectivity index (χ0v) is 11.1. The van der Waals surface area contributed by atoms with Crippen molar-refractivity contribution in [3.63, 3.8) is 0 Å². The molecule has 0 radical (unpaired) electrons. The second-order valence-electron chi connectivity index (χ2n) is 6.31. The highest BCUT2D eigenvalue weighted by Gasteiger charge is 2.45. The van der Waals surface area contributed by atoms with Crippen LogP contribution in [0.3, 0.4) is 0 Å². The molecule has 2 aliphatic rings. The molecule has 2 atom stereocenters. The fourth-order valence-corrected chi connectivity index (χ4v) is 2.64. The highest BCUT2D eigenvalue weighted by molar-refractivity contribution is 5.67. The third kappa shape index (κ3) is 4.19. The fourth-order valence-electron chi connectivity index (χ4n) is 2.64. The molecule has 17 heavy (non-hydrogen) atoms. The quantitative estimate of drug-likeness (QED) is 0.738. The Labute approximate surface area is 103 Å². The van der Waals surface area contributed by atoms with Crippen molar-refractivity contribution in [2.45, 2.75) is 51.7 Å². The van der Waals surface area contributed by atoms with Crippen LogP contribution in [0.5, 0.6) is 0 Å². The highest BCUT2D eigenvalue weighted by Crippen LogP contribution is 2.51. The van der Waals surface area contributed by atoms with Gasteiger partial charge in [-0.15, -0.1) is 0 Å². The van der Waals surface area contributed by atoms with Gasteiger partial charge < -0.3 is 15.4 Å². The van der Waals surface area contributed by atoms with Gasteiger partial charge in [0, 0.05) is 19.1 Å². The minimum atomic E-state index is -0.412. The van der Waals surface area contributed by atoms with Crippen molar-refractivity contribution >= 4 is 6.09 Å². The molecule has 2 fully saturated rings. The summed E-state index contributed by atoms with van der Waals surface area (Å²) in [5.41, 5.74) is -0.412. The van der Waals surface area contributed by atoms with Crippen molar-refractivity contribution in [2.24, 2.45) is 11.8 Å². The smallest absolute Gasteiger partial charge is 0.407 e. The molecule has 0 heterocycles. The Kier molecular flexibility index (Phi) is 3.61. The lowest BCUT2D eigenvalue weighted by molar-refractivity contribution is 0.0528. The Morgan fingerprint density at radius 3 is 2.41 bits per heavy atom. The Morgan fingerprint density at radius 2 is 1.82 bits per heavy atom. The second kappa shape index (κ2) is 4.84. The lowest BCUT2D eigenvalue weighted by Gasteiger charge is -2.20. The van der Waals surface area contributed by atoms with Gasteiger partial charge in [0.25, 0.3) is 0 Å². The third-order valence-electron chi connectivity index (χ3n) is 3.47. The summed E-state index contributed by atoms with van der Waals surface area (Å²) in [5.74, 6) is 2.01. The van der Waals surface area contributed by atoms with Crippen molar-refractivity contribution in [3.8, 4) is 0 Å². The standard InChI is InChI=1S/C13H24N2O2/c1-13(2,3)17-12(16)15-5-4-14-11-7-9-6-10(9)8-11/h9-11,14H,4-8H2,1-3H3,(H,15,16). The van der Waals surface area contributed by atoms with Crippen molar-refractivity contribution in [2.75, 3.05) is 13.1 Å². The second-order valence-corrected chi connectivity index (χ2v) is 6.31. The predicted molar refractivity (Wildman–Crippen MR) is 66.9 cm³/mol. The van der Waals surface area contributed by atoms with E-state index in [0.29, 0.717) is 12.6 Å². The average Bonchev–Trinajstić information content (AvgIpc) is 2.79. The van der Waals surface area contributed by atoms with E-state index in [1.54, 1.807) is 0 Å². The zero-order valence-electron chi connectivity index (χ0n) is 11.1. The normalized spacial score (nSPS) is 30.9. The Balaban J connectivity index is 1.49. The minimum absolute atomic E-state index is 0.325. The number of rotatable bonds is 4. The summed E-state index contributed by atoms with van der Waals surface area (Å²) in [6.45, 7) is 7.09. The molecule has 4 heteroatoms. The maximum atomic E-state index is 11.4. The molecular formula is C13H24N2O2. The molecule has 1 amide bonds. The molecule has 0 spiro atoms. The molecule has 0 aromatic carbocycles. The molecule has 0 aromatic rings. The molecule has 2 saturated carbocycles. The molecule has 0 saturated heterocycles. The number of nitrogens with one attached hydrogen (secondary N) is 2. The first kappa shape index (κ1) is 12.7. The van der Waals surface area contributed by atoms with Gasteiger partial charge in [0.1, 0.15) is 5.60 Å². The highest BCUT2D eigenvalue weighted by atomic mass is 16.6. The summed E-state index contributed by atoms with van der Waals surface area (Å²) in [7, 11) is 0. The van der Waals surface area contributed by atoms with Crippen molar-refractivity contribution in [1.29, 1.82) is 0 Å². The van der Waals surface area contributed by atoms with Gasteiger partial charge in [-0.1, -0.05) is 0 Å². The molecule has 0 aromatic heterocycles. The van der Waals surface area contributed by atoms with Gasteiger partial charge in [-0.3, -0.25) is 0 Å². The summed E-state index contributed by atoms with van der Waals surface area (Å²) in [6, 6.07) is 0.680.